The number of oxazole rings is 1. The molecule has 2 aromatic carbocycles. The molecule has 0 bridgehead atoms. The van der Waals surface area contributed by atoms with Crippen LogP contribution in [0.25, 0.3) is 11.1 Å². The number of nitrogens with zero attached hydrogens (tertiary/aromatic N) is 3. The maximum absolute atomic E-state index is 13.3. The maximum Gasteiger partial charge on any atom is 0.298 e. The summed E-state index contributed by atoms with van der Waals surface area (Å²) >= 11 is 6.11. The third-order valence-corrected chi connectivity index (χ3v) is 4.61. The van der Waals surface area contributed by atoms with E-state index in [1.807, 2.05) is 4.90 Å². The highest BCUT2D eigenvalue weighted by Crippen LogP contribution is 2.24. The maximum atomic E-state index is 13.3. The van der Waals surface area contributed by atoms with Crippen LogP contribution in [0.5, 0.6) is 0 Å². The lowest BCUT2D eigenvalue weighted by molar-refractivity contribution is 0.0745. The van der Waals surface area contributed by atoms with E-state index in [-0.39, 0.29) is 11.7 Å². The lowest BCUT2D eigenvalue weighted by Gasteiger charge is -2.34. The third kappa shape index (κ3) is 3.05. The van der Waals surface area contributed by atoms with Crippen LogP contribution in [0.2, 0.25) is 5.02 Å². The monoisotopic (exact) mass is 359 g/mol. The van der Waals surface area contributed by atoms with Crippen LogP contribution in [0.3, 0.4) is 0 Å². The molecule has 1 amide bonds. The van der Waals surface area contributed by atoms with Crippen molar-refractivity contribution in [3.63, 3.8) is 0 Å². The second kappa shape index (κ2) is 6.37. The Bertz CT molecular complexity index is 935. The number of hydrogen-bond donors (Lipinski definition) is 0. The fraction of sp³-hybridized carbons (Fsp3) is 0.222. The average Bonchev–Trinajstić information content (AvgIpc) is 3.05. The zero-order valence-electron chi connectivity index (χ0n) is 13.3. The van der Waals surface area contributed by atoms with Crippen molar-refractivity contribution in [3.05, 3.63) is 58.9 Å². The fourth-order valence-electron chi connectivity index (χ4n) is 2.93. The number of amides is 1. The lowest BCUT2D eigenvalue weighted by atomic mass is 10.2. The summed E-state index contributed by atoms with van der Waals surface area (Å²) in [6, 6.07) is 11.8. The van der Waals surface area contributed by atoms with Crippen molar-refractivity contribution in [2.75, 3.05) is 31.1 Å². The Labute approximate surface area is 148 Å². The van der Waals surface area contributed by atoms with Gasteiger partial charge in [0, 0.05) is 32.2 Å². The molecule has 5 nitrogen and oxygen atoms in total. The Morgan fingerprint density at radius 2 is 1.88 bits per heavy atom. The Kier molecular flexibility index (Phi) is 4.05. The molecule has 7 heteroatoms. The molecular formula is C18H15ClFN3O2. The van der Waals surface area contributed by atoms with E-state index >= 15 is 0 Å². The van der Waals surface area contributed by atoms with Crippen LogP contribution in [0.4, 0.5) is 10.4 Å². The van der Waals surface area contributed by atoms with E-state index in [0.717, 1.165) is 0 Å². The minimum absolute atomic E-state index is 0.0788. The van der Waals surface area contributed by atoms with Crippen LogP contribution in [0, 0.1) is 5.82 Å². The van der Waals surface area contributed by atoms with Gasteiger partial charge in [0.1, 0.15) is 11.3 Å². The Morgan fingerprint density at radius 1 is 1.12 bits per heavy atom. The number of halogens is 2. The molecular weight excluding hydrogens is 345 g/mol. The topological polar surface area (TPSA) is 49.6 Å². The molecule has 128 valence electrons. The van der Waals surface area contributed by atoms with E-state index < -0.39 is 0 Å². The summed E-state index contributed by atoms with van der Waals surface area (Å²) in [6.45, 7) is 2.26. The van der Waals surface area contributed by atoms with Crippen LogP contribution in [0.1, 0.15) is 10.4 Å². The molecule has 1 fully saturated rings. The first-order valence-electron chi connectivity index (χ1n) is 7.97. The summed E-state index contributed by atoms with van der Waals surface area (Å²) < 4.78 is 18.9. The first kappa shape index (κ1) is 15.9. The SMILES string of the molecule is O=C(c1ccccc1Cl)N1CCN(c2nc3ccc(F)cc3o2)CC1. The van der Waals surface area contributed by atoms with Gasteiger partial charge in [-0.1, -0.05) is 23.7 Å². The molecule has 3 aromatic rings. The summed E-state index contributed by atoms with van der Waals surface area (Å²) in [5.41, 5.74) is 1.55. The Morgan fingerprint density at radius 3 is 2.64 bits per heavy atom. The number of hydrogen-bond acceptors (Lipinski definition) is 4. The van der Waals surface area contributed by atoms with Crippen LogP contribution < -0.4 is 4.90 Å². The van der Waals surface area contributed by atoms with Gasteiger partial charge in [0.25, 0.3) is 11.9 Å². The van der Waals surface area contributed by atoms with Crippen molar-refractivity contribution >= 4 is 34.6 Å². The number of carbonyl (C=O) groups is 1. The summed E-state index contributed by atoms with van der Waals surface area (Å²) in [7, 11) is 0. The van der Waals surface area contributed by atoms with Crippen molar-refractivity contribution in [1.29, 1.82) is 0 Å². The smallest absolute Gasteiger partial charge is 0.298 e. The van der Waals surface area contributed by atoms with Crippen molar-refractivity contribution in [2.45, 2.75) is 0 Å². The number of carbonyl (C=O) groups excluding carboxylic acids is 1. The van der Waals surface area contributed by atoms with Crippen LogP contribution in [-0.2, 0) is 0 Å². The van der Waals surface area contributed by atoms with Crippen LogP contribution >= 0.6 is 11.6 Å². The van der Waals surface area contributed by atoms with E-state index in [4.69, 9.17) is 16.0 Å². The molecule has 0 radical (unpaired) electrons. The zero-order valence-corrected chi connectivity index (χ0v) is 14.0. The molecule has 0 aliphatic carbocycles. The number of rotatable bonds is 2. The molecule has 4 rings (SSSR count). The highest BCUT2D eigenvalue weighted by atomic mass is 35.5. The largest absolute Gasteiger partial charge is 0.423 e. The molecule has 0 N–H and O–H groups in total. The molecule has 1 aliphatic heterocycles. The minimum Gasteiger partial charge on any atom is -0.423 e. The van der Waals surface area contributed by atoms with Crippen LogP contribution in [0.15, 0.2) is 46.9 Å². The first-order valence-corrected chi connectivity index (χ1v) is 8.34. The van der Waals surface area contributed by atoms with Gasteiger partial charge in [-0.05, 0) is 24.3 Å². The highest BCUT2D eigenvalue weighted by Gasteiger charge is 2.25. The summed E-state index contributed by atoms with van der Waals surface area (Å²) in [5, 5.41) is 0.455. The molecule has 0 atom stereocenters. The van der Waals surface area contributed by atoms with E-state index in [1.165, 1.54) is 12.1 Å². The Balaban J connectivity index is 1.47. The number of anilines is 1. The van der Waals surface area contributed by atoms with Crippen molar-refractivity contribution in [1.82, 2.24) is 9.88 Å². The second-order valence-corrected chi connectivity index (χ2v) is 6.27. The van der Waals surface area contributed by atoms with Crippen LogP contribution in [-0.4, -0.2) is 42.0 Å². The minimum atomic E-state index is -0.356. The molecule has 1 aromatic heterocycles. The molecule has 0 unspecified atom stereocenters. The Hall–Kier alpha value is -2.60. The van der Waals surface area contributed by atoms with E-state index in [2.05, 4.69) is 4.98 Å². The van der Waals surface area contributed by atoms with Gasteiger partial charge in [0.05, 0.1) is 10.6 Å². The van der Waals surface area contributed by atoms with Gasteiger partial charge in [-0.15, -0.1) is 0 Å². The van der Waals surface area contributed by atoms with Gasteiger partial charge in [-0.3, -0.25) is 4.79 Å². The zero-order chi connectivity index (χ0) is 17.4. The molecule has 0 saturated carbocycles. The van der Waals surface area contributed by atoms with Crippen molar-refractivity contribution in [3.8, 4) is 0 Å². The van der Waals surface area contributed by atoms with E-state index in [0.29, 0.717) is 53.9 Å². The van der Waals surface area contributed by atoms with Gasteiger partial charge >= 0.3 is 0 Å². The van der Waals surface area contributed by atoms with Gasteiger partial charge in [-0.25, -0.2) is 4.39 Å². The standard InChI is InChI=1S/C18H15ClFN3O2/c19-14-4-2-1-3-13(14)17(24)22-7-9-23(10-8-22)18-21-15-6-5-12(20)11-16(15)25-18/h1-6,11H,7-10H2. The molecule has 1 saturated heterocycles. The normalized spacial score (nSPS) is 15.0. The number of benzene rings is 2. The average molecular weight is 360 g/mol. The number of piperazine rings is 1. The quantitative estimate of drug-likeness (QED) is 0.701. The highest BCUT2D eigenvalue weighted by molar-refractivity contribution is 6.33. The van der Waals surface area contributed by atoms with E-state index in [9.17, 15) is 9.18 Å². The molecule has 1 aliphatic rings. The summed E-state index contributed by atoms with van der Waals surface area (Å²) in [4.78, 5) is 20.7. The predicted molar refractivity (Wildman–Crippen MR) is 93.5 cm³/mol. The second-order valence-electron chi connectivity index (χ2n) is 5.87. The third-order valence-electron chi connectivity index (χ3n) is 4.28. The van der Waals surface area contributed by atoms with Gasteiger partial charge in [0.2, 0.25) is 0 Å². The van der Waals surface area contributed by atoms with E-state index in [1.54, 1.807) is 35.2 Å². The van der Waals surface area contributed by atoms with Gasteiger partial charge in [0.15, 0.2) is 5.58 Å². The molecule has 2 heterocycles. The number of aromatic nitrogens is 1. The first-order chi connectivity index (χ1) is 12.1. The predicted octanol–water partition coefficient (Wildman–Crippen LogP) is 3.58. The molecule has 25 heavy (non-hydrogen) atoms. The van der Waals surface area contributed by atoms with Crippen molar-refractivity contribution < 1.29 is 13.6 Å². The number of fused-ring (bicyclic) bond motifs is 1. The summed E-state index contributed by atoms with van der Waals surface area (Å²) in [5.74, 6) is -0.435. The van der Waals surface area contributed by atoms with Gasteiger partial charge < -0.3 is 14.2 Å². The van der Waals surface area contributed by atoms with Crippen molar-refractivity contribution in [2.24, 2.45) is 0 Å². The summed E-state index contributed by atoms with van der Waals surface area (Å²) in [6.07, 6.45) is 0. The molecule has 0 spiro atoms. The van der Waals surface area contributed by atoms with Gasteiger partial charge in [-0.2, -0.15) is 4.98 Å². The lowest BCUT2D eigenvalue weighted by Crippen LogP contribution is -2.49. The fourth-order valence-corrected chi connectivity index (χ4v) is 3.14.